The molecule has 0 atom stereocenters. The summed E-state index contributed by atoms with van der Waals surface area (Å²) in [7, 11) is 2.15. The van der Waals surface area contributed by atoms with Gasteiger partial charge in [-0.25, -0.2) is 4.79 Å². The molecular weight excluding hydrogens is 482 g/mol. The quantitative estimate of drug-likeness (QED) is 0.0872. The van der Waals surface area contributed by atoms with Gasteiger partial charge in [-0.2, -0.15) is 5.26 Å². The van der Waals surface area contributed by atoms with Gasteiger partial charge in [0.25, 0.3) is 5.91 Å². The third-order valence-corrected chi connectivity index (χ3v) is 4.69. The van der Waals surface area contributed by atoms with Crippen molar-refractivity contribution in [2.45, 2.75) is 32.8 Å². The van der Waals surface area contributed by atoms with E-state index in [1.807, 2.05) is 0 Å². The predicted octanol–water partition coefficient (Wildman–Crippen LogP) is 2.09. The number of ether oxygens (including phenoxy) is 4. The second-order valence-corrected chi connectivity index (χ2v) is 6.94. The van der Waals surface area contributed by atoms with Gasteiger partial charge in [-0.3, -0.25) is 24.5 Å². The minimum atomic E-state index is -1.52. The van der Waals surface area contributed by atoms with E-state index in [0.717, 1.165) is 32.4 Å². The molecule has 0 heterocycles. The summed E-state index contributed by atoms with van der Waals surface area (Å²) in [6, 6.07) is 3.55. The third-order valence-electron chi connectivity index (χ3n) is 4.69. The number of aromatic hydroxyl groups is 1. The van der Waals surface area contributed by atoms with Crippen molar-refractivity contribution in [3.8, 4) is 17.6 Å². The summed E-state index contributed by atoms with van der Waals surface area (Å²) in [5.74, 6) is -4.04. The van der Waals surface area contributed by atoms with E-state index in [0.29, 0.717) is 13.1 Å². The molecule has 0 aliphatic rings. The maximum atomic E-state index is 12.5. The van der Waals surface area contributed by atoms with Crippen molar-refractivity contribution in [1.29, 1.82) is 5.26 Å². The van der Waals surface area contributed by atoms with Crippen LogP contribution in [0.15, 0.2) is 17.7 Å². The van der Waals surface area contributed by atoms with E-state index in [2.05, 4.69) is 9.47 Å². The Morgan fingerprint density at radius 1 is 1.14 bits per heavy atom. The number of nitriles is 1. The molecule has 0 bridgehead atoms. The molecule has 1 aromatic rings. The number of phenols is 1. The highest BCUT2D eigenvalue weighted by atomic mass is 16.7. The number of hydrogen-bond acceptors (Lipinski definition) is 12. The van der Waals surface area contributed by atoms with E-state index in [1.165, 1.54) is 4.90 Å². The number of carbonyl (C=O) groups excluding carboxylic acids is 4. The molecule has 14 nitrogen and oxygen atoms in total. The van der Waals surface area contributed by atoms with Crippen LogP contribution in [0.25, 0.3) is 6.08 Å². The Morgan fingerprint density at radius 3 is 2.14 bits per heavy atom. The fourth-order valence-electron chi connectivity index (χ4n) is 2.85. The van der Waals surface area contributed by atoms with Gasteiger partial charge in [-0.15, -0.1) is 0 Å². The zero-order chi connectivity index (χ0) is 27.4. The minimum absolute atomic E-state index is 0.111. The predicted molar refractivity (Wildman–Crippen MR) is 120 cm³/mol. The van der Waals surface area contributed by atoms with Crippen LogP contribution in [-0.4, -0.2) is 72.3 Å². The Morgan fingerprint density at radius 2 is 1.69 bits per heavy atom. The van der Waals surface area contributed by atoms with Gasteiger partial charge < -0.3 is 29.0 Å². The SMILES string of the molecule is CCN(CC)C(=O)/C(C#N)=C/c1cc(OC(=O)OC(CC(=O)OC)CC(=O)OC)c(O)c([N+](=O)[O-])c1. The van der Waals surface area contributed by atoms with Crippen molar-refractivity contribution in [3.05, 3.63) is 33.4 Å². The van der Waals surface area contributed by atoms with Crippen molar-refractivity contribution >= 4 is 35.8 Å². The lowest BCUT2D eigenvalue weighted by Crippen LogP contribution is -2.31. The first-order valence-electron chi connectivity index (χ1n) is 10.5. The largest absolute Gasteiger partial charge is 0.514 e. The molecule has 0 aromatic heterocycles. The van der Waals surface area contributed by atoms with Gasteiger partial charge in [0.1, 0.15) is 17.7 Å². The molecular formula is C22H25N3O11. The highest BCUT2D eigenvalue weighted by molar-refractivity contribution is 6.01. The lowest BCUT2D eigenvalue weighted by Gasteiger charge is -2.18. The Labute approximate surface area is 205 Å². The van der Waals surface area contributed by atoms with Crippen LogP contribution in [0.2, 0.25) is 0 Å². The minimum Gasteiger partial charge on any atom is -0.499 e. The van der Waals surface area contributed by atoms with Gasteiger partial charge in [0.15, 0.2) is 5.75 Å². The van der Waals surface area contributed by atoms with E-state index in [9.17, 15) is 39.7 Å². The Hall–Kier alpha value is -4.67. The molecule has 0 fully saturated rings. The number of nitrogens with zero attached hydrogens (tertiary/aromatic N) is 3. The van der Waals surface area contributed by atoms with E-state index in [4.69, 9.17) is 9.47 Å². The molecule has 14 heteroatoms. The molecule has 194 valence electrons. The average Bonchev–Trinajstić information content (AvgIpc) is 2.84. The van der Waals surface area contributed by atoms with Crippen molar-refractivity contribution in [2.75, 3.05) is 27.3 Å². The zero-order valence-corrected chi connectivity index (χ0v) is 20.0. The number of benzene rings is 1. The van der Waals surface area contributed by atoms with E-state index < -0.39 is 65.1 Å². The van der Waals surface area contributed by atoms with Crippen molar-refractivity contribution in [3.63, 3.8) is 0 Å². The fourth-order valence-corrected chi connectivity index (χ4v) is 2.85. The van der Waals surface area contributed by atoms with Crippen molar-refractivity contribution in [1.82, 2.24) is 4.90 Å². The van der Waals surface area contributed by atoms with Crippen LogP contribution >= 0.6 is 0 Å². The first kappa shape index (κ1) is 29.4. The maximum absolute atomic E-state index is 12.5. The fraction of sp³-hybridized carbons (Fsp3) is 0.409. The van der Waals surface area contributed by atoms with Crippen LogP contribution < -0.4 is 4.74 Å². The molecule has 0 radical (unpaired) electrons. The molecule has 0 saturated carbocycles. The molecule has 0 unspecified atom stereocenters. The van der Waals surface area contributed by atoms with Gasteiger partial charge >= 0.3 is 23.8 Å². The van der Waals surface area contributed by atoms with Crippen LogP contribution in [0, 0.1) is 21.4 Å². The normalized spacial score (nSPS) is 10.7. The van der Waals surface area contributed by atoms with Crippen molar-refractivity contribution < 1.29 is 48.2 Å². The number of esters is 2. The van der Waals surface area contributed by atoms with Crippen molar-refractivity contribution in [2.24, 2.45) is 0 Å². The lowest BCUT2D eigenvalue weighted by atomic mass is 10.1. The van der Waals surface area contributed by atoms with E-state index >= 15 is 0 Å². The highest BCUT2D eigenvalue weighted by Gasteiger charge is 2.27. The summed E-state index contributed by atoms with van der Waals surface area (Å²) >= 11 is 0. The molecule has 1 amide bonds. The van der Waals surface area contributed by atoms with E-state index in [1.54, 1.807) is 19.9 Å². The van der Waals surface area contributed by atoms with Gasteiger partial charge in [-0.1, -0.05) is 0 Å². The van der Waals surface area contributed by atoms with Gasteiger partial charge in [-0.05, 0) is 31.6 Å². The first-order valence-corrected chi connectivity index (χ1v) is 10.5. The van der Waals surface area contributed by atoms with Crippen LogP contribution in [-0.2, 0) is 28.6 Å². The Balaban J connectivity index is 3.34. The molecule has 0 aliphatic heterocycles. The van der Waals surface area contributed by atoms with Crippen LogP contribution in [0.4, 0.5) is 10.5 Å². The van der Waals surface area contributed by atoms with Crippen LogP contribution in [0.5, 0.6) is 11.5 Å². The number of carbonyl (C=O) groups is 4. The number of likely N-dealkylation sites (N-methyl/N-ethyl adjacent to an activating group) is 1. The number of methoxy groups -OCH3 is 2. The summed E-state index contributed by atoms with van der Waals surface area (Å²) in [5.41, 5.74) is -1.36. The molecule has 1 aromatic carbocycles. The molecule has 1 N–H and O–H groups in total. The summed E-state index contributed by atoms with van der Waals surface area (Å²) in [5, 5.41) is 31.0. The second kappa shape index (κ2) is 13.9. The smallest absolute Gasteiger partial charge is 0.499 e. The number of amides is 1. The lowest BCUT2D eigenvalue weighted by molar-refractivity contribution is -0.385. The average molecular weight is 507 g/mol. The standard InChI is InChI=1S/C22H25N3O11/c1-5-24(6-2)21(29)14(12-23)7-13-8-16(25(31)32)20(28)17(9-13)36-22(30)35-15(10-18(26)33-3)11-19(27)34-4/h7-9,15,28H,5-6,10-11H2,1-4H3/b14-7+. The van der Waals surface area contributed by atoms with Crippen LogP contribution in [0.3, 0.4) is 0 Å². The molecule has 0 saturated heterocycles. The maximum Gasteiger partial charge on any atom is 0.514 e. The second-order valence-electron chi connectivity index (χ2n) is 6.94. The van der Waals surface area contributed by atoms with Gasteiger partial charge in [0.2, 0.25) is 5.75 Å². The molecule has 36 heavy (non-hydrogen) atoms. The van der Waals surface area contributed by atoms with Crippen LogP contribution in [0.1, 0.15) is 32.3 Å². The first-order chi connectivity index (χ1) is 17.0. The number of hydrogen-bond donors (Lipinski definition) is 1. The van der Waals surface area contributed by atoms with Gasteiger partial charge in [0.05, 0.1) is 32.0 Å². The Bertz CT molecular complexity index is 1070. The number of rotatable bonds is 11. The Kier molecular flexibility index (Phi) is 11.3. The summed E-state index contributed by atoms with van der Waals surface area (Å²) in [4.78, 5) is 59.7. The van der Waals surface area contributed by atoms with E-state index in [-0.39, 0.29) is 11.1 Å². The summed E-state index contributed by atoms with van der Waals surface area (Å²) in [6.45, 7) is 4.02. The summed E-state index contributed by atoms with van der Waals surface area (Å²) in [6.07, 6.45) is -2.92. The summed E-state index contributed by atoms with van der Waals surface area (Å²) < 4.78 is 18.7. The number of nitro groups is 1. The third kappa shape index (κ3) is 8.28. The van der Waals surface area contributed by atoms with Gasteiger partial charge in [0, 0.05) is 19.2 Å². The molecule has 1 rings (SSSR count). The monoisotopic (exact) mass is 507 g/mol. The highest BCUT2D eigenvalue weighted by Crippen LogP contribution is 2.38. The number of nitro benzene ring substituents is 1. The molecule has 0 aliphatic carbocycles. The number of phenolic OH excluding ortho intramolecular Hbond substituents is 1. The topological polar surface area (TPSA) is 196 Å². The molecule has 0 spiro atoms. The zero-order valence-electron chi connectivity index (χ0n) is 20.0.